The third-order valence-electron chi connectivity index (χ3n) is 4.19. The molecule has 1 rings (SSSR count). The Bertz CT molecular complexity index is 347. The lowest BCUT2D eigenvalue weighted by Crippen LogP contribution is -2.41. The first-order valence-electron chi connectivity index (χ1n) is 7.89. The van der Waals surface area contributed by atoms with Crippen molar-refractivity contribution in [1.29, 1.82) is 0 Å². The summed E-state index contributed by atoms with van der Waals surface area (Å²) in [5.41, 5.74) is 0. The topological polar surface area (TPSA) is 81.7 Å². The Labute approximate surface area is 127 Å². The molecular formula is C15H29N3O3. The SMILES string of the molecule is CCC(CNC(=O)NCC1CCN(C(C)C)C1)CC(=O)O. The number of amides is 2. The fraction of sp³-hybridized carbons (Fsp3) is 0.867. The lowest BCUT2D eigenvalue weighted by molar-refractivity contribution is -0.138. The van der Waals surface area contributed by atoms with Gasteiger partial charge in [-0.3, -0.25) is 4.79 Å². The molecule has 3 N–H and O–H groups in total. The first-order valence-corrected chi connectivity index (χ1v) is 7.89. The van der Waals surface area contributed by atoms with Gasteiger partial charge in [0.1, 0.15) is 0 Å². The van der Waals surface area contributed by atoms with Gasteiger partial charge >= 0.3 is 12.0 Å². The number of carboxylic acids is 1. The van der Waals surface area contributed by atoms with Crippen LogP contribution in [0.2, 0.25) is 0 Å². The third-order valence-corrected chi connectivity index (χ3v) is 4.19. The number of nitrogens with one attached hydrogen (secondary N) is 2. The second kappa shape index (κ2) is 8.87. The van der Waals surface area contributed by atoms with Crippen LogP contribution >= 0.6 is 0 Å². The van der Waals surface area contributed by atoms with Crippen LogP contribution < -0.4 is 10.6 Å². The molecular weight excluding hydrogens is 270 g/mol. The maximum absolute atomic E-state index is 11.7. The van der Waals surface area contributed by atoms with E-state index in [1.165, 1.54) is 0 Å². The van der Waals surface area contributed by atoms with Gasteiger partial charge in [0.15, 0.2) is 0 Å². The quantitative estimate of drug-likeness (QED) is 0.634. The molecule has 2 atom stereocenters. The molecule has 0 aromatic heterocycles. The Morgan fingerprint density at radius 3 is 2.57 bits per heavy atom. The second-order valence-electron chi connectivity index (χ2n) is 6.21. The van der Waals surface area contributed by atoms with E-state index in [0.717, 1.165) is 25.9 Å². The van der Waals surface area contributed by atoms with E-state index in [0.29, 0.717) is 25.0 Å². The number of urea groups is 1. The van der Waals surface area contributed by atoms with Crippen molar-refractivity contribution >= 4 is 12.0 Å². The Kier molecular flexibility index (Phi) is 7.50. The van der Waals surface area contributed by atoms with Gasteiger partial charge in [-0.1, -0.05) is 13.3 Å². The predicted octanol–water partition coefficient (Wildman–Crippen LogP) is 1.52. The molecule has 0 saturated carbocycles. The number of carboxylic acid groups (broad SMARTS) is 1. The van der Waals surface area contributed by atoms with Gasteiger partial charge in [0, 0.05) is 32.1 Å². The number of rotatable bonds is 8. The summed E-state index contributed by atoms with van der Waals surface area (Å²) in [4.78, 5) is 24.8. The molecule has 1 aliphatic heterocycles. The summed E-state index contributed by atoms with van der Waals surface area (Å²) in [6.07, 6.45) is 1.97. The average Bonchev–Trinajstić information content (AvgIpc) is 2.89. The molecule has 1 heterocycles. The van der Waals surface area contributed by atoms with Gasteiger partial charge in [0.05, 0.1) is 0 Å². The van der Waals surface area contributed by atoms with E-state index >= 15 is 0 Å². The Balaban J connectivity index is 2.18. The monoisotopic (exact) mass is 299 g/mol. The van der Waals surface area contributed by atoms with E-state index in [-0.39, 0.29) is 18.4 Å². The first-order chi connectivity index (χ1) is 9.92. The molecule has 6 nitrogen and oxygen atoms in total. The van der Waals surface area contributed by atoms with Crippen molar-refractivity contribution in [3.8, 4) is 0 Å². The minimum absolute atomic E-state index is 0.00355. The lowest BCUT2D eigenvalue weighted by atomic mass is 10.0. The molecule has 0 radical (unpaired) electrons. The number of hydrogen-bond acceptors (Lipinski definition) is 3. The zero-order valence-corrected chi connectivity index (χ0v) is 13.4. The van der Waals surface area contributed by atoms with Crippen LogP contribution in [0.4, 0.5) is 4.79 Å². The van der Waals surface area contributed by atoms with Crippen LogP contribution in [-0.4, -0.2) is 54.2 Å². The number of carbonyl (C=O) groups excluding carboxylic acids is 1. The van der Waals surface area contributed by atoms with E-state index < -0.39 is 5.97 Å². The van der Waals surface area contributed by atoms with Gasteiger partial charge in [-0.05, 0) is 38.6 Å². The highest BCUT2D eigenvalue weighted by Crippen LogP contribution is 2.17. The normalized spacial score (nSPS) is 20.5. The van der Waals surface area contributed by atoms with Gasteiger partial charge in [-0.15, -0.1) is 0 Å². The van der Waals surface area contributed by atoms with Crippen molar-refractivity contribution < 1.29 is 14.7 Å². The minimum atomic E-state index is -0.816. The molecule has 1 aliphatic rings. The van der Waals surface area contributed by atoms with Gasteiger partial charge in [-0.25, -0.2) is 4.79 Å². The summed E-state index contributed by atoms with van der Waals surface area (Å²) in [6.45, 7) is 9.55. The summed E-state index contributed by atoms with van der Waals surface area (Å²) in [7, 11) is 0. The smallest absolute Gasteiger partial charge is 0.314 e. The highest BCUT2D eigenvalue weighted by Gasteiger charge is 2.24. The second-order valence-corrected chi connectivity index (χ2v) is 6.21. The number of carbonyl (C=O) groups is 2. The van der Waals surface area contributed by atoms with E-state index in [2.05, 4.69) is 29.4 Å². The summed E-state index contributed by atoms with van der Waals surface area (Å²) >= 11 is 0. The van der Waals surface area contributed by atoms with Crippen molar-refractivity contribution in [2.24, 2.45) is 11.8 Å². The lowest BCUT2D eigenvalue weighted by Gasteiger charge is -2.20. The van der Waals surface area contributed by atoms with Crippen LogP contribution in [0.15, 0.2) is 0 Å². The van der Waals surface area contributed by atoms with Crippen LogP contribution in [0, 0.1) is 11.8 Å². The highest BCUT2D eigenvalue weighted by atomic mass is 16.4. The van der Waals surface area contributed by atoms with E-state index in [1.807, 2.05) is 6.92 Å². The van der Waals surface area contributed by atoms with E-state index in [9.17, 15) is 9.59 Å². The van der Waals surface area contributed by atoms with Gasteiger partial charge < -0.3 is 20.6 Å². The van der Waals surface area contributed by atoms with Crippen LogP contribution in [-0.2, 0) is 4.79 Å². The molecule has 0 aromatic rings. The van der Waals surface area contributed by atoms with E-state index in [4.69, 9.17) is 5.11 Å². The number of hydrogen-bond donors (Lipinski definition) is 3. The Hall–Kier alpha value is -1.30. The van der Waals surface area contributed by atoms with Crippen LogP contribution in [0.25, 0.3) is 0 Å². The predicted molar refractivity (Wildman–Crippen MR) is 82.3 cm³/mol. The zero-order chi connectivity index (χ0) is 15.8. The maximum Gasteiger partial charge on any atom is 0.314 e. The fourth-order valence-electron chi connectivity index (χ4n) is 2.64. The minimum Gasteiger partial charge on any atom is -0.481 e. The highest BCUT2D eigenvalue weighted by molar-refractivity contribution is 5.74. The fourth-order valence-corrected chi connectivity index (χ4v) is 2.64. The molecule has 0 aliphatic carbocycles. The summed E-state index contributed by atoms with van der Waals surface area (Å²) in [5.74, 6) is -0.306. The van der Waals surface area contributed by atoms with Crippen LogP contribution in [0.5, 0.6) is 0 Å². The third kappa shape index (κ3) is 6.80. The molecule has 1 saturated heterocycles. The number of likely N-dealkylation sites (tertiary alicyclic amines) is 1. The summed E-state index contributed by atoms with van der Waals surface area (Å²) < 4.78 is 0. The van der Waals surface area contributed by atoms with E-state index in [1.54, 1.807) is 0 Å². The van der Waals surface area contributed by atoms with Crippen molar-refractivity contribution in [1.82, 2.24) is 15.5 Å². The van der Waals surface area contributed by atoms with Crippen LogP contribution in [0.1, 0.15) is 40.0 Å². The molecule has 6 heteroatoms. The van der Waals surface area contributed by atoms with Gasteiger partial charge in [0.2, 0.25) is 0 Å². The Morgan fingerprint density at radius 2 is 2.05 bits per heavy atom. The zero-order valence-electron chi connectivity index (χ0n) is 13.4. The molecule has 0 aromatic carbocycles. The summed E-state index contributed by atoms with van der Waals surface area (Å²) in [6, 6.07) is 0.368. The average molecular weight is 299 g/mol. The van der Waals surface area contributed by atoms with Gasteiger partial charge in [0.25, 0.3) is 0 Å². The van der Waals surface area contributed by atoms with Gasteiger partial charge in [-0.2, -0.15) is 0 Å². The number of nitrogens with zero attached hydrogens (tertiary/aromatic N) is 1. The van der Waals surface area contributed by atoms with Crippen molar-refractivity contribution in [2.45, 2.75) is 46.1 Å². The van der Waals surface area contributed by atoms with Crippen molar-refractivity contribution in [3.05, 3.63) is 0 Å². The molecule has 0 bridgehead atoms. The first kappa shape index (κ1) is 17.8. The van der Waals surface area contributed by atoms with Crippen molar-refractivity contribution in [3.63, 3.8) is 0 Å². The molecule has 2 amide bonds. The standard InChI is InChI=1S/C15H29N3O3/c1-4-12(7-14(19)20)8-16-15(21)17-9-13-5-6-18(10-13)11(2)3/h11-13H,4-10H2,1-3H3,(H,19,20)(H2,16,17,21). The largest absolute Gasteiger partial charge is 0.481 e. The molecule has 1 fully saturated rings. The Morgan fingerprint density at radius 1 is 1.33 bits per heavy atom. The molecule has 0 spiro atoms. The summed E-state index contributed by atoms with van der Waals surface area (Å²) in [5, 5.41) is 14.4. The number of aliphatic carboxylic acids is 1. The van der Waals surface area contributed by atoms with Crippen molar-refractivity contribution in [2.75, 3.05) is 26.2 Å². The maximum atomic E-state index is 11.7. The molecule has 122 valence electrons. The molecule has 2 unspecified atom stereocenters. The molecule has 21 heavy (non-hydrogen) atoms. The van der Waals surface area contributed by atoms with Crippen LogP contribution in [0.3, 0.4) is 0 Å².